The van der Waals surface area contributed by atoms with Crippen LogP contribution in [-0.2, 0) is 11.3 Å². The Hall–Kier alpha value is -3.82. The molecule has 0 spiro atoms. The van der Waals surface area contributed by atoms with E-state index in [0.29, 0.717) is 36.1 Å². The lowest BCUT2D eigenvalue weighted by Crippen LogP contribution is -2.45. The number of benzene rings is 2. The molecule has 0 unspecified atom stereocenters. The molecule has 1 aliphatic heterocycles. The summed E-state index contributed by atoms with van der Waals surface area (Å²) < 4.78 is 0. The third-order valence-corrected chi connectivity index (χ3v) is 5.07. The van der Waals surface area contributed by atoms with E-state index in [9.17, 15) is 29.8 Å². The number of nitro groups is 2. The summed E-state index contributed by atoms with van der Waals surface area (Å²) in [6.07, 6.45) is 1.19. The first-order valence-electron chi connectivity index (χ1n) is 9.35. The maximum absolute atomic E-state index is 12.9. The molecular weight excluding hydrogens is 392 g/mol. The molecule has 0 radical (unpaired) electrons. The summed E-state index contributed by atoms with van der Waals surface area (Å²) in [7, 11) is 0. The summed E-state index contributed by atoms with van der Waals surface area (Å²) in [5.41, 5.74) is 1.29. The molecule has 10 nitrogen and oxygen atoms in total. The molecule has 0 saturated carbocycles. The van der Waals surface area contributed by atoms with Crippen molar-refractivity contribution in [3.05, 3.63) is 79.4 Å². The fourth-order valence-corrected chi connectivity index (χ4v) is 3.48. The van der Waals surface area contributed by atoms with Crippen molar-refractivity contribution in [1.82, 2.24) is 10.2 Å². The average molecular weight is 412 g/mol. The third kappa shape index (κ3) is 4.43. The Bertz CT molecular complexity index is 1000. The van der Waals surface area contributed by atoms with Gasteiger partial charge in [0.05, 0.1) is 9.85 Å². The van der Waals surface area contributed by atoms with Crippen molar-refractivity contribution in [3.8, 4) is 0 Å². The highest BCUT2D eigenvalue weighted by Gasteiger charge is 2.34. The predicted octanol–water partition coefficient (Wildman–Crippen LogP) is 2.73. The van der Waals surface area contributed by atoms with E-state index >= 15 is 0 Å². The topological polar surface area (TPSA) is 136 Å². The smallest absolute Gasteiger partial charge is 0.272 e. The molecule has 1 N–H and O–H groups in total. The highest BCUT2D eigenvalue weighted by Crippen LogP contribution is 2.24. The Morgan fingerprint density at radius 3 is 2.40 bits per heavy atom. The largest absolute Gasteiger partial charge is 0.350 e. The molecule has 1 heterocycles. The van der Waals surface area contributed by atoms with Crippen LogP contribution in [0.15, 0.2) is 42.5 Å². The van der Waals surface area contributed by atoms with Gasteiger partial charge in [0, 0.05) is 42.4 Å². The number of hydrogen-bond acceptors (Lipinski definition) is 6. The van der Waals surface area contributed by atoms with Crippen LogP contribution in [0.5, 0.6) is 0 Å². The Labute approximate surface area is 171 Å². The van der Waals surface area contributed by atoms with Crippen molar-refractivity contribution in [1.29, 1.82) is 0 Å². The molecule has 2 amide bonds. The SMILES string of the molecule is Cc1cc(C(=O)N2CCC[C@@H]2C(=O)NCc2ccc([N+](=O)[O-])cc2)ccc1[N+](=O)[O-]. The van der Waals surface area contributed by atoms with Crippen LogP contribution in [-0.4, -0.2) is 39.1 Å². The number of nitrogens with one attached hydrogen (secondary N) is 1. The molecule has 30 heavy (non-hydrogen) atoms. The van der Waals surface area contributed by atoms with Gasteiger partial charge >= 0.3 is 0 Å². The summed E-state index contributed by atoms with van der Waals surface area (Å²) in [4.78, 5) is 47.7. The first kappa shape index (κ1) is 20.9. The second kappa shape index (κ2) is 8.68. The second-order valence-electron chi connectivity index (χ2n) is 7.06. The number of rotatable bonds is 6. The van der Waals surface area contributed by atoms with Crippen LogP contribution in [0, 0.1) is 27.2 Å². The lowest BCUT2D eigenvalue weighted by atomic mass is 10.1. The van der Waals surface area contributed by atoms with E-state index in [-0.39, 0.29) is 29.7 Å². The number of amides is 2. The molecule has 2 aromatic rings. The molecule has 156 valence electrons. The zero-order valence-electron chi connectivity index (χ0n) is 16.2. The van der Waals surface area contributed by atoms with Gasteiger partial charge in [-0.2, -0.15) is 0 Å². The van der Waals surface area contributed by atoms with E-state index in [0.717, 1.165) is 0 Å². The van der Waals surface area contributed by atoms with E-state index in [4.69, 9.17) is 0 Å². The van der Waals surface area contributed by atoms with Gasteiger partial charge < -0.3 is 10.2 Å². The fourth-order valence-electron chi connectivity index (χ4n) is 3.48. The minimum absolute atomic E-state index is 0.0315. The molecule has 10 heteroatoms. The molecule has 0 aromatic heterocycles. The van der Waals surface area contributed by atoms with Gasteiger partial charge in [-0.3, -0.25) is 29.8 Å². The van der Waals surface area contributed by atoms with Crippen molar-refractivity contribution in [2.45, 2.75) is 32.4 Å². The Morgan fingerprint density at radius 1 is 1.10 bits per heavy atom. The summed E-state index contributed by atoms with van der Waals surface area (Å²) in [6, 6.07) is 9.38. The van der Waals surface area contributed by atoms with Gasteiger partial charge in [0.25, 0.3) is 17.3 Å². The maximum atomic E-state index is 12.9. The highest BCUT2D eigenvalue weighted by molar-refractivity contribution is 5.98. The van der Waals surface area contributed by atoms with Gasteiger partial charge in [-0.15, -0.1) is 0 Å². The van der Waals surface area contributed by atoms with E-state index in [2.05, 4.69) is 5.32 Å². The predicted molar refractivity (Wildman–Crippen MR) is 107 cm³/mol. The minimum atomic E-state index is -0.633. The number of carbonyl (C=O) groups is 2. The zero-order chi connectivity index (χ0) is 21.8. The van der Waals surface area contributed by atoms with Gasteiger partial charge in [0.2, 0.25) is 5.91 Å². The number of aryl methyl sites for hydroxylation is 1. The van der Waals surface area contributed by atoms with Gasteiger partial charge in [-0.1, -0.05) is 12.1 Å². The monoisotopic (exact) mass is 412 g/mol. The Morgan fingerprint density at radius 2 is 1.80 bits per heavy atom. The molecule has 3 rings (SSSR count). The van der Waals surface area contributed by atoms with Crippen LogP contribution in [0.4, 0.5) is 11.4 Å². The minimum Gasteiger partial charge on any atom is -0.350 e. The molecule has 1 atom stereocenters. The van der Waals surface area contributed by atoms with Crippen LogP contribution in [0.3, 0.4) is 0 Å². The number of hydrogen-bond donors (Lipinski definition) is 1. The fraction of sp³-hybridized carbons (Fsp3) is 0.300. The maximum Gasteiger partial charge on any atom is 0.272 e. The highest BCUT2D eigenvalue weighted by atomic mass is 16.6. The summed E-state index contributed by atoms with van der Waals surface area (Å²) in [5, 5.41) is 24.4. The molecule has 1 saturated heterocycles. The second-order valence-corrected chi connectivity index (χ2v) is 7.06. The van der Waals surface area contributed by atoms with Gasteiger partial charge in [0.1, 0.15) is 6.04 Å². The standard InChI is InChI=1S/C20H20N4O6/c1-13-11-15(6-9-17(13)24(29)30)20(26)22-10-2-3-18(22)19(25)21-12-14-4-7-16(8-5-14)23(27)28/h4-9,11,18H,2-3,10,12H2,1H3,(H,21,25)/t18-/m1/s1. The van der Waals surface area contributed by atoms with Crippen molar-refractivity contribution in [2.24, 2.45) is 0 Å². The van der Waals surface area contributed by atoms with Crippen LogP contribution in [0.1, 0.15) is 34.3 Å². The zero-order valence-corrected chi connectivity index (χ0v) is 16.2. The van der Waals surface area contributed by atoms with Crippen LogP contribution < -0.4 is 5.32 Å². The molecule has 0 bridgehead atoms. The van der Waals surface area contributed by atoms with Gasteiger partial charge in [0.15, 0.2) is 0 Å². The van der Waals surface area contributed by atoms with Crippen molar-refractivity contribution >= 4 is 23.2 Å². The number of nitrogens with zero attached hydrogens (tertiary/aromatic N) is 3. The molecule has 1 aliphatic rings. The number of carbonyl (C=O) groups excluding carboxylic acids is 2. The molecular formula is C20H20N4O6. The van der Waals surface area contributed by atoms with Gasteiger partial charge in [-0.25, -0.2) is 0 Å². The third-order valence-electron chi connectivity index (χ3n) is 5.07. The lowest BCUT2D eigenvalue weighted by molar-refractivity contribution is -0.385. The Kier molecular flexibility index (Phi) is 6.05. The van der Waals surface area contributed by atoms with E-state index in [1.165, 1.54) is 35.2 Å². The first-order valence-corrected chi connectivity index (χ1v) is 9.35. The van der Waals surface area contributed by atoms with Crippen molar-refractivity contribution in [3.63, 3.8) is 0 Å². The van der Waals surface area contributed by atoms with Crippen molar-refractivity contribution in [2.75, 3.05) is 6.54 Å². The summed E-state index contributed by atoms with van der Waals surface area (Å²) in [5.74, 6) is -0.654. The number of likely N-dealkylation sites (tertiary alicyclic amines) is 1. The van der Waals surface area contributed by atoms with E-state index < -0.39 is 15.9 Å². The molecule has 1 fully saturated rings. The molecule has 2 aromatic carbocycles. The van der Waals surface area contributed by atoms with Crippen molar-refractivity contribution < 1.29 is 19.4 Å². The summed E-state index contributed by atoms with van der Waals surface area (Å²) >= 11 is 0. The normalized spacial score (nSPS) is 15.6. The van der Waals surface area contributed by atoms with Crippen LogP contribution >= 0.6 is 0 Å². The summed E-state index contributed by atoms with van der Waals surface area (Å²) in [6.45, 7) is 2.17. The van der Waals surface area contributed by atoms with Crippen LogP contribution in [0.25, 0.3) is 0 Å². The van der Waals surface area contributed by atoms with E-state index in [1.807, 2.05) is 0 Å². The number of nitro benzene ring substituents is 2. The van der Waals surface area contributed by atoms with E-state index in [1.54, 1.807) is 19.1 Å². The quantitative estimate of drug-likeness (QED) is 0.572. The Balaban J connectivity index is 1.66. The molecule has 0 aliphatic carbocycles. The van der Waals surface area contributed by atoms with Gasteiger partial charge in [-0.05, 0) is 37.5 Å². The van der Waals surface area contributed by atoms with Crippen LogP contribution in [0.2, 0.25) is 0 Å². The lowest BCUT2D eigenvalue weighted by Gasteiger charge is -2.24. The number of non-ortho nitro benzene ring substituents is 1. The first-order chi connectivity index (χ1) is 14.3. The average Bonchev–Trinajstić information content (AvgIpc) is 3.21.